The van der Waals surface area contributed by atoms with Crippen molar-refractivity contribution in [1.82, 2.24) is 9.78 Å². The molecule has 2 N–H and O–H groups in total. The zero-order valence-corrected chi connectivity index (χ0v) is 11.7. The molecule has 1 aromatic carbocycles. The lowest BCUT2D eigenvalue weighted by Gasteiger charge is -2.04. The molecular formula is C13H15ClN4O2. The summed E-state index contributed by atoms with van der Waals surface area (Å²) in [5.74, 6) is 0. The summed E-state index contributed by atoms with van der Waals surface area (Å²) >= 11 is 5.89. The molecular weight excluding hydrogens is 280 g/mol. The molecule has 0 aliphatic carbocycles. The number of halogens is 1. The van der Waals surface area contributed by atoms with Crippen LogP contribution in [-0.2, 0) is 13.0 Å². The monoisotopic (exact) mass is 294 g/mol. The molecule has 2 aromatic rings. The normalized spacial score (nSPS) is 12.3. The van der Waals surface area contributed by atoms with E-state index in [9.17, 15) is 10.1 Å². The molecule has 0 spiro atoms. The van der Waals surface area contributed by atoms with Gasteiger partial charge in [-0.2, -0.15) is 5.10 Å². The molecule has 0 aliphatic heterocycles. The van der Waals surface area contributed by atoms with Gasteiger partial charge in [0, 0.05) is 23.3 Å². The van der Waals surface area contributed by atoms with Gasteiger partial charge in [-0.25, -0.2) is 0 Å². The summed E-state index contributed by atoms with van der Waals surface area (Å²) in [6.07, 6.45) is 4.28. The molecule has 0 amide bonds. The first-order chi connectivity index (χ1) is 9.45. The first-order valence-electron chi connectivity index (χ1n) is 6.15. The Labute approximate surface area is 121 Å². The molecule has 2 rings (SSSR count). The van der Waals surface area contributed by atoms with Crippen molar-refractivity contribution in [3.63, 3.8) is 0 Å². The Hall–Kier alpha value is -1.92. The molecule has 0 bridgehead atoms. The minimum Gasteiger partial charge on any atom is -0.328 e. The molecule has 0 fully saturated rings. The number of nitro groups is 1. The van der Waals surface area contributed by atoms with E-state index in [-0.39, 0.29) is 11.7 Å². The van der Waals surface area contributed by atoms with Crippen LogP contribution in [0.15, 0.2) is 30.6 Å². The van der Waals surface area contributed by atoms with Crippen LogP contribution in [0.25, 0.3) is 0 Å². The Morgan fingerprint density at radius 3 is 2.95 bits per heavy atom. The second-order valence-corrected chi connectivity index (χ2v) is 5.19. The summed E-state index contributed by atoms with van der Waals surface area (Å²) in [6.45, 7) is 2.22. The van der Waals surface area contributed by atoms with Crippen LogP contribution in [0, 0.1) is 10.1 Å². The van der Waals surface area contributed by atoms with E-state index in [2.05, 4.69) is 5.10 Å². The molecule has 7 heteroatoms. The highest BCUT2D eigenvalue weighted by Crippen LogP contribution is 2.23. The quantitative estimate of drug-likeness (QED) is 0.677. The largest absolute Gasteiger partial charge is 0.328 e. The Kier molecular flexibility index (Phi) is 4.36. The van der Waals surface area contributed by atoms with E-state index in [4.69, 9.17) is 17.3 Å². The summed E-state index contributed by atoms with van der Waals surface area (Å²) < 4.78 is 1.65. The molecule has 0 saturated carbocycles. The fourth-order valence-electron chi connectivity index (χ4n) is 2.00. The summed E-state index contributed by atoms with van der Waals surface area (Å²) in [6, 6.07) is 4.55. The predicted octanol–water partition coefficient (Wildman–Crippen LogP) is 2.38. The highest BCUT2D eigenvalue weighted by Gasteiger charge is 2.14. The van der Waals surface area contributed by atoms with E-state index in [1.54, 1.807) is 16.9 Å². The van der Waals surface area contributed by atoms with Crippen LogP contribution in [0.4, 0.5) is 5.69 Å². The van der Waals surface area contributed by atoms with Crippen molar-refractivity contribution in [2.45, 2.75) is 25.9 Å². The van der Waals surface area contributed by atoms with Crippen molar-refractivity contribution in [2.75, 3.05) is 0 Å². The third-order valence-corrected chi connectivity index (χ3v) is 3.05. The van der Waals surface area contributed by atoms with Gasteiger partial charge in [-0.1, -0.05) is 11.6 Å². The third-order valence-electron chi connectivity index (χ3n) is 2.81. The lowest BCUT2D eigenvalue weighted by molar-refractivity contribution is -0.385. The van der Waals surface area contributed by atoms with Crippen molar-refractivity contribution in [2.24, 2.45) is 5.73 Å². The lowest BCUT2D eigenvalue weighted by atomic mass is 10.1. The van der Waals surface area contributed by atoms with Gasteiger partial charge in [-0.05, 0) is 31.0 Å². The maximum Gasteiger partial charge on any atom is 0.274 e. The zero-order chi connectivity index (χ0) is 14.7. The zero-order valence-electron chi connectivity index (χ0n) is 11.0. The Morgan fingerprint density at radius 1 is 1.55 bits per heavy atom. The predicted molar refractivity (Wildman–Crippen MR) is 76.8 cm³/mol. The van der Waals surface area contributed by atoms with Crippen LogP contribution in [0.3, 0.4) is 0 Å². The van der Waals surface area contributed by atoms with Gasteiger partial charge < -0.3 is 5.73 Å². The molecule has 0 radical (unpaired) electrons. The lowest BCUT2D eigenvalue weighted by Crippen LogP contribution is -2.17. The molecule has 20 heavy (non-hydrogen) atoms. The van der Waals surface area contributed by atoms with Crippen molar-refractivity contribution in [3.05, 3.63) is 56.9 Å². The highest BCUT2D eigenvalue weighted by molar-refractivity contribution is 6.30. The van der Waals surface area contributed by atoms with Crippen molar-refractivity contribution in [3.8, 4) is 0 Å². The number of aromatic nitrogens is 2. The maximum absolute atomic E-state index is 11.0. The second kappa shape index (κ2) is 6.02. The maximum atomic E-state index is 11.0. The van der Waals surface area contributed by atoms with Crippen LogP contribution in [0.5, 0.6) is 0 Å². The van der Waals surface area contributed by atoms with E-state index >= 15 is 0 Å². The summed E-state index contributed by atoms with van der Waals surface area (Å²) in [5.41, 5.74) is 7.30. The van der Waals surface area contributed by atoms with E-state index in [0.29, 0.717) is 17.1 Å². The van der Waals surface area contributed by atoms with Crippen LogP contribution in [-0.4, -0.2) is 20.7 Å². The van der Waals surface area contributed by atoms with Gasteiger partial charge in [0.15, 0.2) is 0 Å². The SMILES string of the molecule is CC(N)Cc1cnn(Cc2cc(Cl)ccc2[N+](=O)[O-])c1. The second-order valence-electron chi connectivity index (χ2n) is 4.76. The summed E-state index contributed by atoms with van der Waals surface area (Å²) in [4.78, 5) is 10.6. The average Bonchev–Trinajstić information content (AvgIpc) is 2.75. The Morgan fingerprint density at radius 2 is 2.30 bits per heavy atom. The average molecular weight is 295 g/mol. The molecule has 6 nitrogen and oxygen atoms in total. The van der Waals surface area contributed by atoms with Gasteiger partial charge in [0.25, 0.3) is 5.69 Å². The number of nitrogens with zero attached hydrogens (tertiary/aromatic N) is 3. The van der Waals surface area contributed by atoms with Crippen molar-refractivity contribution in [1.29, 1.82) is 0 Å². The first-order valence-corrected chi connectivity index (χ1v) is 6.53. The third kappa shape index (κ3) is 3.55. The minimum atomic E-state index is -0.419. The fraction of sp³-hybridized carbons (Fsp3) is 0.308. The summed E-state index contributed by atoms with van der Waals surface area (Å²) in [5, 5.41) is 15.6. The van der Waals surface area contributed by atoms with Crippen LogP contribution < -0.4 is 5.73 Å². The van der Waals surface area contributed by atoms with Gasteiger partial charge in [0.1, 0.15) is 0 Å². The molecule has 0 saturated heterocycles. The van der Waals surface area contributed by atoms with Gasteiger partial charge >= 0.3 is 0 Å². The first kappa shape index (κ1) is 14.5. The molecule has 1 unspecified atom stereocenters. The number of nitro benzene ring substituents is 1. The van der Waals surface area contributed by atoms with Crippen LogP contribution in [0.2, 0.25) is 5.02 Å². The van der Waals surface area contributed by atoms with Gasteiger partial charge in [-0.3, -0.25) is 14.8 Å². The highest BCUT2D eigenvalue weighted by atomic mass is 35.5. The van der Waals surface area contributed by atoms with E-state index < -0.39 is 4.92 Å². The molecule has 106 valence electrons. The van der Waals surface area contributed by atoms with E-state index in [1.807, 2.05) is 13.1 Å². The van der Waals surface area contributed by atoms with Crippen LogP contribution >= 0.6 is 11.6 Å². The van der Waals surface area contributed by atoms with Crippen LogP contribution in [0.1, 0.15) is 18.1 Å². The van der Waals surface area contributed by atoms with Crippen molar-refractivity contribution < 1.29 is 4.92 Å². The Balaban J connectivity index is 2.23. The number of rotatable bonds is 5. The van der Waals surface area contributed by atoms with Gasteiger partial charge in [0.05, 0.1) is 23.2 Å². The van der Waals surface area contributed by atoms with Crippen molar-refractivity contribution >= 4 is 17.3 Å². The topological polar surface area (TPSA) is 87.0 Å². The molecule has 1 atom stereocenters. The number of nitrogens with two attached hydrogens (primary N) is 1. The molecule has 1 heterocycles. The number of hydrogen-bond acceptors (Lipinski definition) is 4. The Bertz CT molecular complexity index is 625. The smallest absolute Gasteiger partial charge is 0.274 e. The van der Waals surface area contributed by atoms with E-state index in [1.165, 1.54) is 12.1 Å². The van der Waals surface area contributed by atoms with Gasteiger partial charge in [0.2, 0.25) is 0 Å². The fourth-order valence-corrected chi connectivity index (χ4v) is 2.20. The number of benzene rings is 1. The van der Waals surface area contributed by atoms with Gasteiger partial charge in [-0.15, -0.1) is 0 Å². The minimum absolute atomic E-state index is 0.0404. The van der Waals surface area contributed by atoms with E-state index in [0.717, 1.165) is 12.0 Å². The standard InChI is InChI=1S/C13H15ClN4O2/c1-9(15)4-10-6-16-17(7-10)8-11-5-12(14)2-3-13(11)18(19)20/h2-3,5-7,9H,4,8,15H2,1H3. The molecule has 1 aromatic heterocycles. The number of hydrogen-bond donors (Lipinski definition) is 1. The summed E-state index contributed by atoms with van der Waals surface area (Å²) in [7, 11) is 0. The molecule has 0 aliphatic rings.